The summed E-state index contributed by atoms with van der Waals surface area (Å²) in [6.07, 6.45) is 4.91. The molecule has 1 N–H and O–H groups in total. The van der Waals surface area contributed by atoms with Gasteiger partial charge in [0.05, 0.1) is 7.11 Å². The maximum absolute atomic E-state index is 11.5. The van der Waals surface area contributed by atoms with E-state index in [-0.39, 0.29) is 17.7 Å². The van der Waals surface area contributed by atoms with Gasteiger partial charge in [0, 0.05) is 6.54 Å². The molecule has 0 saturated heterocycles. The Bertz CT molecular complexity index is 280. The second-order valence-electron chi connectivity index (χ2n) is 5.50. The molecular formula is C13H23NO3. The Hall–Kier alpha value is -1.06. The average molecular weight is 241 g/mol. The van der Waals surface area contributed by atoms with Crippen molar-refractivity contribution in [2.75, 3.05) is 13.7 Å². The highest BCUT2D eigenvalue weighted by Crippen LogP contribution is 2.38. The summed E-state index contributed by atoms with van der Waals surface area (Å²) in [6, 6.07) is 0. The Labute approximate surface area is 103 Å². The van der Waals surface area contributed by atoms with Crippen LogP contribution in [-0.2, 0) is 14.3 Å². The van der Waals surface area contributed by atoms with Gasteiger partial charge in [-0.25, -0.2) is 0 Å². The molecule has 1 saturated carbocycles. The van der Waals surface area contributed by atoms with Crippen molar-refractivity contribution < 1.29 is 14.3 Å². The number of carbonyl (C=O) groups is 2. The molecule has 1 rings (SSSR count). The van der Waals surface area contributed by atoms with E-state index in [0.717, 1.165) is 0 Å². The van der Waals surface area contributed by atoms with E-state index in [4.69, 9.17) is 0 Å². The number of methoxy groups -OCH3 is 1. The minimum absolute atomic E-state index is 0.113. The van der Waals surface area contributed by atoms with E-state index in [0.29, 0.717) is 12.5 Å². The molecule has 1 fully saturated rings. The van der Waals surface area contributed by atoms with Crippen LogP contribution < -0.4 is 5.32 Å². The van der Waals surface area contributed by atoms with E-state index >= 15 is 0 Å². The Balaban J connectivity index is 2.33. The van der Waals surface area contributed by atoms with Crippen molar-refractivity contribution >= 4 is 11.9 Å². The number of ether oxygens (including phenoxy) is 1. The quantitative estimate of drug-likeness (QED) is 0.590. The monoisotopic (exact) mass is 241 g/mol. The molecule has 98 valence electrons. The molecule has 17 heavy (non-hydrogen) atoms. The normalized spacial score (nSPS) is 16.9. The molecule has 1 aliphatic rings. The predicted molar refractivity (Wildman–Crippen MR) is 65.4 cm³/mol. The summed E-state index contributed by atoms with van der Waals surface area (Å²) in [5, 5.41) is 2.83. The molecule has 4 nitrogen and oxygen atoms in total. The van der Waals surface area contributed by atoms with Gasteiger partial charge in [0.2, 0.25) is 5.91 Å². The van der Waals surface area contributed by atoms with Crippen LogP contribution >= 0.6 is 0 Å². The first-order valence-electron chi connectivity index (χ1n) is 6.29. The summed E-state index contributed by atoms with van der Waals surface area (Å²) in [4.78, 5) is 22.4. The molecular weight excluding hydrogens is 218 g/mol. The van der Waals surface area contributed by atoms with Gasteiger partial charge in [-0.05, 0) is 24.2 Å². The largest absolute Gasteiger partial charge is 0.469 e. The van der Waals surface area contributed by atoms with Crippen LogP contribution in [0.4, 0.5) is 0 Å². The zero-order valence-electron chi connectivity index (χ0n) is 11.0. The molecule has 0 aromatic rings. The van der Waals surface area contributed by atoms with Crippen LogP contribution in [0.3, 0.4) is 0 Å². The molecule has 0 aromatic heterocycles. The van der Waals surface area contributed by atoms with Gasteiger partial charge in [0.15, 0.2) is 0 Å². The zero-order valence-corrected chi connectivity index (χ0v) is 11.0. The van der Waals surface area contributed by atoms with Crippen LogP contribution in [0.25, 0.3) is 0 Å². The highest BCUT2D eigenvalue weighted by molar-refractivity contribution is 5.94. The van der Waals surface area contributed by atoms with Crippen LogP contribution in [0.5, 0.6) is 0 Å². The van der Waals surface area contributed by atoms with Crippen molar-refractivity contribution in [3.8, 4) is 0 Å². The van der Waals surface area contributed by atoms with Crippen molar-refractivity contribution in [2.45, 2.75) is 46.0 Å². The third kappa shape index (κ3) is 4.36. The number of amides is 1. The lowest BCUT2D eigenvalue weighted by Gasteiger charge is -2.31. The van der Waals surface area contributed by atoms with Crippen LogP contribution in [0, 0.1) is 11.3 Å². The lowest BCUT2D eigenvalue weighted by Crippen LogP contribution is -2.38. The molecule has 0 radical (unpaired) electrons. The summed E-state index contributed by atoms with van der Waals surface area (Å²) < 4.78 is 4.45. The Morgan fingerprint density at radius 3 is 2.41 bits per heavy atom. The molecule has 0 aliphatic heterocycles. The number of hydrogen-bond donors (Lipinski definition) is 1. The first-order valence-corrected chi connectivity index (χ1v) is 6.29. The first-order chi connectivity index (χ1) is 7.95. The lowest BCUT2D eigenvalue weighted by atomic mass is 9.77. The van der Waals surface area contributed by atoms with Gasteiger partial charge in [-0.2, -0.15) is 0 Å². The Kier molecular flexibility index (Phi) is 4.97. The molecule has 4 heteroatoms. The minimum atomic E-state index is -0.485. The zero-order chi connectivity index (χ0) is 12.9. The molecule has 0 spiro atoms. The van der Waals surface area contributed by atoms with E-state index < -0.39 is 5.97 Å². The number of carbonyl (C=O) groups excluding carboxylic acids is 2. The van der Waals surface area contributed by atoms with Gasteiger partial charge in [-0.15, -0.1) is 0 Å². The van der Waals surface area contributed by atoms with Crippen LogP contribution in [0.1, 0.15) is 46.0 Å². The van der Waals surface area contributed by atoms with Crippen molar-refractivity contribution in [2.24, 2.45) is 11.3 Å². The number of rotatable bonds is 5. The fraction of sp³-hybridized carbons (Fsp3) is 0.846. The number of hydrogen-bond acceptors (Lipinski definition) is 3. The smallest absolute Gasteiger partial charge is 0.315 e. The van der Waals surface area contributed by atoms with Crippen molar-refractivity contribution in [3.63, 3.8) is 0 Å². The fourth-order valence-corrected chi connectivity index (χ4v) is 2.44. The van der Waals surface area contributed by atoms with Gasteiger partial charge in [-0.3, -0.25) is 9.59 Å². The van der Waals surface area contributed by atoms with Gasteiger partial charge in [0.1, 0.15) is 6.42 Å². The highest BCUT2D eigenvalue weighted by Gasteiger charge is 2.32. The van der Waals surface area contributed by atoms with E-state index in [1.807, 2.05) is 0 Å². The van der Waals surface area contributed by atoms with Gasteiger partial charge in [-0.1, -0.05) is 26.7 Å². The van der Waals surface area contributed by atoms with Gasteiger partial charge < -0.3 is 10.1 Å². The van der Waals surface area contributed by atoms with Gasteiger partial charge >= 0.3 is 5.97 Å². The summed E-state index contributed by atoms with van der Waals surface area (Å²) >= 11 is 0. The SMILES string of the molecule is COC(=O)CC(=O)NCC(C)(C)C1CCCC1. The molecule has 0 unspecified atom stereocenters. The number of nitrogens with one attached hydrogen (secondary N) is 1. The second-order valence-corrected chi connectivity index (χ2v) is 5.50. The summed E-state index contributed by atoms with van der Waals surface area (Å²) in [7, 11) is 1.29. The van der Waals surface area contributed by atoms with Crippen molar-refractivity contribution in [1.29, 1.82) is 0 Å². The highest BCUT2D eigenvalue weighted by atomic mass is 16.5. The molecule has 0 heterocycles. The van der Waals surface area contributed by atoms with Crippen LogP contribution in [0.2, 0.25) is 0 Å². The van der Waals surface area contributed by atoms with Crippen LogP contribution in [-0.4, -0.2) is 25.5 Å². The predicted octanol–water partition coefficient (Wildman–Crippen LogP) is 1.88. The summed E-state index contributed by atoms with van der Waals surface area (Å²) in [5.74, 6) is -0.0509. The molecule has 0 aromatic carbocycles. The second kappa shape index (κ2) is 6.03. The van der Waals surface area contributed by atoms with Crippen molar-refractivity contribution in [1.82, 2.24) is 5.32 Å². The molecule has 1 aliphatic carbocycles. The molecule has 0 atom stereocenters. The number of esters is 1. The van der Waals surface area contributed by atoms with E-state index in [2.05, 4.69) is 23.9 Å². The van der Waals surface area contributed by atoms with Crippen LogP contribution in [0.15, 0.2) is 0 Å². The first kappa shape index (κ1) is 14.0. The summed E-state index contributed by atoms with van der Waals surface area (Å²) in [6.45, 7) is 5.00. The van der Waals surface area contributed by atoms with Gasteiger partial charge in [0.25, 0.3) is 0 Å². The summed E-state index contributed by atoms with van der Waals surface area (Å²) in [5.41, 5.74) is 0.113. The third-order valence-corrected chi connectivity index (χ3v) is 3.73. The van der Waals surface area contributed by atoms with Crippen molar-refractivity contribution in [3.05, 3.63) is 0 Å². The van der Waals surface area contributed by atoms with E-state index in [1.54, 1.807) is 0 Å². The maximum atomic E-state index is 11.5. The topological polar surface area (TPSA) is 55.4 Å². The standard InChI is InChI=1S/C13H23NO3/c1-13(2,10-6-4-5-7-10)9-14-11(15)8-12(16)17-3/h10H,4-9H2,1-3H3,(H,14,15). The molecule has 0 bridgehead atoms. The van der Waals surface area contributed by atoms with E-state index in [1.165, 1.54) is 32.8 Å². The minimum Gasteiger partial charge on any atom is -0.469 e. The molecule has 1 amide bonds. The Morgan fingerprint density at radius 2 is 1.88 bits per heavy atom. The lowest BCUT2D eigenvalue weighted by molar-refractivity contribution is -0.143. The maximum Gasteiger partial charge on any atom is 0.315 e. The Morgan fingerprint density at radius 1 is 1.29 bits per heavy atom. The third-order valence-electron chi connectivity index (χ3n) is 3.73. The average Bonchev–Trinajstić information content (AvgIpc) is 2.80. The van der Waals surface area contributed by atoms with E-state index in [9.17, 15) is 9.59 Å². The fourth-order valence-electron chi connectivity index (χ4n) is 2.44.